The van der Waals surface area contributed by atoms with E-state index in [9.17, 15) is 14.4 Å². The molecule has 1 unspecified atom stereocenters. The number of carboxylic acids is 1. The molecule has 0 aromatic heterocycles. The Morgan fingerprint density at radius 2 is 1.84 bits per heavy atom. The molecule has 3 aliphatic heterocycles. The van der Waals surface area contributed by atoms with Crippen LogP contribution < -0.4 is 19.7 Å². The summed E-state index contributed by atoms with van der Waals surface area (Å²) in [7, 11) is 0. The maximum atomic E-state index is 12.9. The lowest BCUT2D eigenvalue weighted by molar-refractivity contribution is -0.157. The van der Waals surface area contributed by atoms with E-state index in [0.29, 0.717) is 36.3 Å². The summed E-state index contributed by atoms with van der Waals surface area (Å²) in [5.41, 5.74) is 1.34. The first-order valence-electron chi connectivity index (χ1n) is 12.5. The highest BCUT2D eigenvalue weighted by Gasteiger charge is 2.48. The second-order valence-electron chi connectivity index (χ2n) is 10.9. The van der Waals surface area contributed by atoms with E-state index in [-0.39, 0.29) is 36.8 Å². The Morgan fingerprint density at radius 3 is 2.42 bits per heavy atom. The van der Waals surface area contributed by atoms with E-state index >= 15 is 0 Å². The number of amides is 1. The predicted molar refractivity (Wildman–Crippen MR) is 142 cm³/mol. The van der Waals surface area contributed by atoms with Gasteiger partial charge in [-0.05, 0) is 36.6 Å². The van der Waals surface area contributed by atoms with Crippen LogP contribution in [0.2, 0.25) is 5.02 Å². The summed E-state index contributed by atoms with van der Waals surface area (Å²) in [5, 5.41) is 12.0. The number of nitrogens with zero attached hydrogens (tertiary/aromatic N) is 1. The van der Waals surface area contributed by atoms with Gasteiger partial charge in [0.1, 0.15) is 31.7 Å². The molecule has 1 atom stereocenters. The SMILES string of the molecule is CC(=O)C1(C(=O)O)CNC1.CC(C)(C)CN1C(=O)COC(c2cccc3c2OCCO3)c2cc(Cl)ccc21. The standard InChI is InChI=1S/C22H24ClNO4.C6H9NO3/c1-22(2,3)13-24-17-8-7-14(23)11-16(17)20(28-12-19(24)25)15-5-4-6-18-21(15)27-10-9-26-18;1-4(8)6(5(9)10)2-7-3-6/h4-8,11,20H,9-10,12-13H2,1-3H3;7H,2-3H2,1H3,(H,9,10). The van der Waals surface area contributed by atoms with Crippen LogP contribution in [-0.4, -0.2) is 62.2 Å². The van der Waals surface area contributed by atoms with Crippen molar-refractivity contribution in [2.75, 3.05) is 44.4 Å². The Morgan fingerprint density at radius 1 is 1.13 bits per heavy atom. The molecule has 204 valence electrons. The first kappa shape index (κ1) is 27.9. The van der Waals surface area contributed by atoms with E-state index in [1.807, 2.05) is 36.4 Å². The zero-order valence-electron chi connectivity index (χ0n) is 22.0. The van der Waals surface area contributed by atoms with E-state index in [0.717, 1.165) is 16.8 Å². The van der Waals surface area contributed by atoms with Crippen molar-refractivity contribution in [3.05, 3.63) is 52.5 Å². The van der Waals surface area contributed by atoms with Crippen molar-refractivity contribution >= 4 is 34.9 Å². The van der Waals surface area contributed by atoms with E-state index in [4.69, 9.17) is 30.9 Å². The zero-order chi connectivity index (χ0) is 27.7. The van der Waals surface area contributed by atoms with Gasteiger partial charge in [0.05, 0.1) is 0 Å². The number of rotatable bonds is 4. The number of aliphatic carboxylic acids is 1. The Labute approximate surface area is 227 Å². The molecule has 10 heteroatoms. The third-order valence-corrected chi connectivity index (χ3v) is 6.92. The lowest BCUT2D eigenvalue weighted by Crippen LogP contribution is -2.62. The number of ketones is 1. The van der Waals surface area contributed by atoms with Crippen molar-refractivity contribution in [1.82, 2.24) is 5.32 Å². The average Bonchev–Trinajstić information content (AvgIpc) is 2.93. The number of halogens is 1. The fourth-order valence-electron chi connectivity index (χ4n) is 4.57. The summed E-state index contributed by atoms with van der Waals surface area (Å²) >= 11 is 6.33. The Hall–Kier alpha value is -3.14. The Bertz CT molecular complexity index is 1220. The van der Waals surface area contributed by atoms with Crippen molar-refractivity contribution in [2.24, 2.45) is 10.8 Å². The van der Waals surface area contributed by atoms with Gasteiger partial charge in [-0.1, -0.05) is 44.5 Å². The van der Waals surface area contributed by atoms with E-state index in [1.54, 1.807) is 4.90 Å². The molecule has 1 fully saturated rings. The maximum Gasteiger partial charge on any atom is 0.319 e. The highest BCUT2D eigenvalue weighted by Crippen LogP contribution is 2.45. The number of ether oxygens (including phenoxy) is 3. The van der Waals surface area contributed by atoms with Crippen LogP contribution in [0.4, 0.5) is 5.69 Å². The number of carbonyl (C=O) groups excluding carboxylic acids is 2. The molecule has 0 aliphatic carbocycles. The van der Waals surface area contributed by atoms with Crippen molar-refractivity contribution in [3.8, 4) is 11.5 Å². The topological polar surface area (TPSA) is 114 Å². The third kappa shape index (κ3) is 5.65. The van der Waals surface area contributed by atoms with Crippen molar-refractivity contribution < 1.29 is 33.7 Å². The van der Waals surface area contributed by atoms with Crippen LogP contribution in [0.1, 0.15) is 44.9 Å². The van der Waals surface area contributed by atoms with Crippen molar-refractivity contribution in [2.45, 2.75) is 33.8 Å². The number of nitrogens with one attached hydrogen (secondary N) is 1. The van der Waals surface area contributed by atoms with Crippen LogP contribution in [0.5, 0.6) is 11.5 Å². The molecule has 5 rings (SSSR count). The largest absolute Gasteiger partial charge is 0.486 e. The van der Waals surface area contributed by atoms with Gasteiger partial charge in [-0.25, -0.2) is 0 Å². The van der Waals surface area contributed by atoms with Gasteiger partial charge in [0, 0.05) is 41.5 Å². The van der Waals surface area contributed by atoms with Gasteiger partial charge in [-0.15, -0.1) is 0 Å². The number of Topliss-reactive ketones (excluding diaryl/α,β-unsaturated/α-hetero) is 1. The number of benzene rings is 2. The quantitative estimate of drug-likeness (QED) is 0.558. The number of hydrogen-bond acceptors (Lipinski definition) is 7. The molecular weight excluding hydrogens is 512 g/mol. The van der Waals surface area contributed by atoms with Crippen molar-refractivity contribution in [1.29, 1.82) is 0 Å². The summed E-state index contributed by atoms with van der Waals surface area (Å²) in [6, 6.07) is 11.3. The molecule has 0 radical (unpaired) electrons. The second-order valence-corrected chi connectivity index (χ2v) is 11.3. The highest BCUT2D eigenvalue weighted by molar-refractivity contribution is 6.30. The molecular formula is C28H33ClN2O7. The van der Waals surface area contributed by atoms with E-state index in [2.05, 4.69) is 26.1 Å². The summed E-state index contributed by atoms with van der Waals surface area (Å²) in [5.74, 6) is 0.0138. The minimum Gasteiger partial charge on any atom is -0.486 e. The molecule has 0 spiro atoms. The molecule has 2 aromatic rings. The average molecular weight is 545 g/mol. The molecule has 1 saturated heterocycles. The van der Waals surface area contributed by atoms with Crippen LogP contribution in [0, 0.1) is 10.8 Å². The van der Waals surface area contributed by atoms with Gasteiger partial charge in [0.15, 0.2) is 16.9 Å². The Kier molecular flexibility index (Phi) is 8.01. The highest BCUT2D eigenvalue weighted by atomic mass is 35.5. The smallest absolute Gasteiger partial charge is 0.319 e. The van der Waals surface area contributed by atoms with Crippen LogP contribution in [0.3, 0.4) is 0 Å². The normalized spacial score (nSPS) is 19.8. The molecule has 2 N–H and O–H groups in total. The van der Waals surface area contributed by atoms with Gasteiger partial charge < -0.3 is 29.5 Å². The number of anilines is 1. The van der Waals surface area contributed by atoms with Crippen LogP contribution in [0.25, 0.3) is 0 Å². The minimum atomic E-state index is -1.11. The molecule has 3 aliphatic rings. The van der Waals surface area contributed by atoms with Gasteiger partial charge in [-0.3, -0.25) is 14.4 Å². The molecule has 1 amide bonds. The minimum absolute atomic E-state index is 0.0163. The van der Waals surface area contributed by atoms with Crippen LogP contribution >= 0.6 is 11.6 Å². The lowest BCUT2D eigenvalue weighted by Gasteiger charge is -2.35. The van der Waals surface area contributed by atoms with E-state index < -0.39 is 17.5 Å². The second kappa shape index (κ2) is 10.9. The van der Waals surface area contributed by atoms with Crippen LogP contribution in [0.15, 0.2) is 36.4 Å². The monoisotopic (exact) mass is 544 g/mol. The summed E-state index contributed by atoms with van der Waals surface area (Å²) in [4.78, 5) is 36.0. The van der Waals surface area contributed by atoms with Gasteiger partial charge >= 0.3 is 5.97 Å². The molecule has 0 bridgehead atoms. The summed E-state index contributed by atoms with van der Waals surface area (Å²) in [6.45, 7) is 9.76. The number of carboxylic acid groups (broad SMARTS) is 1. The maximum absolute atomic E-state index is 12.9. The lowest BCUT2D eigenvalue weighted by atomic mass is 9.78. The van der Waals surface area contributed by atoms with Gasteiger partial charge in [-0.2, -0.15) is 0 Å². The fourth-order valence-corrected chi connectivity index (χ4v) is 4.75. The number of para-hydroxylation sites is 1. The van der Waals surface area contributed by atoms with E-state index in [1.165, 1.54) is 6.92 Å². The molecule has 9 nitrogen and oxygen atoms in total. The predicted octanol–water partition coefficient (Wildman–Crippen LogP) is 3.86. The summed E-state index contributed by atoms with van der Waals surface area (Å²) in [6.07, 6.45) is -0.473. The molecule has 38 heavy (non-hydrogen) atoms. The fraction of sp³-hybridized carbons (Fsp3) is 0.464. The third-order valence-electron chi connectivity index (χ3n) is 6.69. The molecule has 2 aromatic carbocycles. The number of hydrogen-bond donors (Lipinski definition) is 2. The number of carbonyl (C=O) groups is 3. The first-order chi connectivity index (χ1) is 17.9. The number of fused-ring (bicyclic) bond motifs is 2. The van der Waals surface area contributed by atoms with Gasteiger partial charge in [0.25, 0.3) is 5.91 Å². The zero-order valence-corrected chi connectivity index (χ0v) is 22.8. The Balaban J connectivity index is 0.000000283. The first-order valence-corrected chi connectivity index (χ1v) is 12.9. The molecule has 0 saturated carbocycles. The van der Waals surface area contributed by atoms with Crippen molar-refractivity contribution in [3.63, 3.8) is 0 Å². The summed E-state index contributed by atoms with van der Waals surface area (Å²) < 4.78 is 17.7. The van der Waals surface area contributed by atoms with Crippen LogP contribution in [-0.2, 0) is 19.1 Å². The molecule has 3 heterocycles. The van der Waals surface area contributed by atoms with Gasteiger partial charge in [0.2, 0.25) is 0 Å².